The van der Waals surface area contributed by atoms with Gasteiger partial charge < -0.3 is 0 Å². The van der Waals surface area contributed by atoms with Crippen molar-refractivity contribution in [1.29, 1.82) is 0 Å². The Morgan fingerprint density at radius 3 is 2.17 bits per heavy atom. The molecular weight excluding hydrogens is 329 g/mol. The smallest absolute Gasteiger partial charge is 0.138 e. The normalized spacial score (nSPS) is 11.1. The summed E-state index contributed by atoms with van der Waals surface area (Å²) in [6, 6.07) is 16.4. The maximum atomic E-state index is 6.00. The average Bonchev–Trinajstić information content (AvgIpc) is 3.07. The van der Waals surface area contributed by atoms with E-state index in [0.29, 0.717) is 0 Å². The Balaban J connectivity index is 0.00000192. The molecular formula is C18H17Cl2N3. The molecule has 0 aliphatic rings. The maximum Gasteiger partial charge on any atom is 0.138 e. The van der Waals surface area contributed by atoms with E-state index < -0.39 is 0 Å². The van der Waals surface area contributed by atoms with Gasteiger partial charge in [0.25, 0.3) is 0 Å². The van der Waals surface area contributed by atoms with Gasteiger partial charge >= 0.3 is 0 Å². The highest BCUT2D eigenvalue weighted by Gasteiger charge is 2.06. The topological polar surface area (TPSA) is 30.7 Å². The summed E-state index contributed by atoms with van der Waals surface area (Å²) in [4.78, 5) is 3.99. The van der Waals surface area contributed by atoms with Gasteiger partial charge in [-0.1, -0.05) is 54.9 Å². The lowest BCUT2D eigenvalue weighted by molar-refractivity contribution is 0.935. The van der Waals surface area contributed by atoms with Gasteiger partial charge in [-0.2, -0.15) is 5.10 Å². The second kappa shape index (κ2) is 7.95. The second-order valence-corrected chi connectivity index (χ2v) is 5.41. The molecule has 0 saturated carbocycles. The molecule has 2 aromatic carbocycles. The van der Waals surface area contributed by atoms with Gasteiger partial charge in [-0.05, 0) is 35.2 Å². The highest BCUT2D eigenvalue weighted by atomic mass is 35.5. The first kappa shape index (κ1) is 17.3. The van der Waals surface area contributed by atoms with Crippen LogP contribution in [0, 0.1) is 0 Å². The van der Waals surface area contributed by atoms with E-state index in [1.165, 1.54) is 11.9 Å². The molecule has 0 aliphatic carbocycles. The summed E-state index contributed by atoms with van der Waals surface area (Å²) >= 11 is 6.00. The van der Waals surface area contributed by atoms with E-state index in [0.717, 1.165) is 28.1 Å². The molecule has 0 fully saturated rings. The minimum atomic E-state index is 0. The second-order valence-electron chi connectivity index (χ2n) is 4.98. The van der Waals surface area contributed by atoms with Gasteiger partial charge in [0.2, 0.25) is 0 Å². The SMILES string of the molecule is CCc1ccc(C(=Cn2cncn2)c2ccc(Cl)cc2)cc1.Cl. The highest BCUT2D eigenvalue weighted by Crippen LogP contribution is 2.26. The van der Waals surface area contributed by atoms with Crippen LogP contribution >= 0.6 is 24.0 Å². The summed E-state index contributed by atoms with van der Waals surface area (Å²) in [7, 11) is 0. The van der Waals surface area contributed by atoms with Gasteiger partial charge in [0.1, 0.15) is 12.7 Å². The van der Waals surface area contributed by atoms with Crippen LogP contribution in [-0.4, -0.2) is 14.8 Å². The summed E-state index contributed by atoms with van der Waals surface area (Å²) in [5.74, 6) is 0. The van der Waals surface area contributed by atoms with Crippen LogP contribution in [0.15, 0.2) is 61.2 Å². The van der Waals surface area contributed by atoms with E-state index in [-0.39, 0.29) is 12.4 Å². The zero-order valence-electron chi connectivity index (χ0n) is 12.7. The molecule has 0 radical (unpaired) electrons. The van der Waals surface area contributed by atoms with Crippen molar-refractivity contribution in [3.63, 3.8) is 0 Å². The minimum absolute atomic E-state index is 0. The third kappa shape index (κ3) is 4.21. The molecule has 3 nitrogen and oxygen atoms in total. The molecule has 0 aliphatic heterocycles. The van der Waals surface area contributed by atoms with Crippen molar-refractivity contribution < 1.29 is 0 Å². The van der Waals surface area contributed by atoms with Crippen molar-refractivity contribution in [2.75, 3.05) is 0 Å². The zero-order chi connectivity index (χ0) is 15.4. The van der Waals surface area contributed by atoms with Gasteiger partial charge in [0.05, 0.1) is 0 Å². The van der Waals surface area contributed by atoms with Crippen LogP contribution in [0.25, 0.3) is 11.8 Å². The molecule has 1 aromatic heterocycles. The van der Waals surface area contributed by atoms with Gasteiger partial charge in [-0.3, -0.25) is 0 Å². The number of rotatable bonds is 4. The third-order valence-corrected chi connectivity index (χ3v) is 3.78. The van der Waals surface area contributed by atoms with E-state index >= 15 is 0 Å². The number of benzene rings is 2. The number of aromatic nitrogens is 3. The molecule has 0 amide bonds. The Morgan fingerprint density at radius 1 is 1.04 bits per heavy atom. The van der Waals surface area contributed by atoms with Crippen LogP contribution in [0.3, 0.4) is 0 Å². The molecule has 3 aromatic rings. The maximum absolute atomic E-state index is 6.00. The fraction of sp³-hybridized carbons (Fsp3) is 0.111. The predicted octanol–water partition coefficient (Wildman–Crippen LogP) is 4.96. The van der Waals surface area contributed by atoms with Gasteiger partial charge in [0, 0.05) is 16.8 Å². The summed E-state index contributed by atoms with van der Waals surface area (Å²) < 4.78 is 1.71. The Kier molecular flexibility index (Phi) is 5.97. The van der Waals surface area contributed by atoms with Gasteiger partial charge in [-0.25, -0.2) is 9.67 Å². The summed E-state index contributed by atoms with van der Waals surface area (Å²) in [5, 5.41) is 4.89. The Morgan fingerprint density at radius 2 is 1.65 bits per heavy atom. The van der Waals surface area contributed by atoms with E-state index in [2.05, 4.69) is 41.3 Å². The van der Waals surface area contributed by atoms with E-state index in [1.807, 2.05) is 30.5 Å². The van der Waals surface area contributed by atoms with E-state index in [9.17, 15) is 0 Å². The lowest BCUT2D eigenvalue weighted by Gasteiger charge is -2.09. The Hall–Kier alpha value is -2.10. The first-order chi connectivity index (χ1) is 10.8. The standard InChI is InChI=1S/C18H16ClN3.ClH/c1-2-14-3-5-15(6-4-14)18(11-22-13-20-12-21-22)16-7-9-17(19)10-8-16;/h3-13H,2H2,1H3;1H. The summed E-state index contributed by atoms with van der Waals surface area (Å²) in [6.07, 6.45) is 6.20. The van der Waals surface area contributed by atoms with Gasteiger partial charge in [-0.15, -0.1) is 12.4 Å². The van der Waals surface area contributed by atoms with Crippen molar-refractivity contribution in [1.82, 2.24) is 14.8 Å². The van der Waals surface area contributed by atoms with Gasteiger partial charge in [0.15, 0.2) is 0 Å². The molecule has 0 atom stereocenters. The lowest BCUT2D eigenvalue weighted by atomic mass is 9.97. The van der Waals surface area contributed by atoms with Crippen molar-refractivity contribution >= 4 is 35.8 Å². The molecule has 5 heteroatoms. The van der Waals surface area contributed by atoms with Crippen molar-refractivity contribution in [3.8, 4) is 0 Å². The molecule has 0 N–H and O–H groups in total. The first-order valence-corrected chi connectivity index (χ1v) is 7.55. The number of hydrogen-bond acceptors (Lipinski definition) is 2. The van der Waals surface area contributed by atoms with E-state index in [1.54, 1.807) is 11.0 Å². The van der Waals surface area contributed by atoms with Crippen LogP contribution in [-0.2, 0) is 6.42 Å². The third-order valence-electron chi connectivity index (χ3n) is 3.53. The molecule has 3 rings (SSSR count). The van der Waals surface area contributed by atoms with Crippen molar-refractivity contribution in [3.05, 3.63) is 82.9 Å². The van der Waals surface area contributed by atoms with Crippen molar-refractivity contribution in [2.45, 2.75) is 13.3 Å². The zero-order valence-corrected chi connectivity index (χ0v) is 14.3. The molecule has 0 saturated heterocycles. The first-order valence-electron chi connectivity index (χ1n) is 7.17. The van der Waals surface area contributed by atoms with E-state index in [4.69, 9.17) is 11.6 Å². The molecule has 0 bridgehead atoms. The number of hydrogen-bond donors (Lipinski definition) is 0. The fourth-order valence-corrected chi connectivity index (χ4v) is 2.41. The summed E-state index contributed by atoms with van der Waals surface area (Å²) in [5.41, 5.74) is 4.61. The van der Waals surface area contributed by atoms with Crippen molar-refractivity contribution in [2.24, 2.45) is 0 Å². The van der Waals surface area contributed by atoms with Crippen LogP contribution in [0.2, 0.25) is 5.02 Å². The fourth-order valence-electron chi connectivity index (χ4n) is 2.28. The minimum Gasteiger partial charge on any atom is -0.228 e. The lowest BCUT2D eigenvalue weighted by Crippen LogP contribution is -1.94. The highest BCUT2D eigenvalue weighted by molar-refractivity contribution is 6.30. The number of aryl methyl sites for hydroxylation is 1. The molecule has 0 spiro atoms. The van der Waals surface area contributed by atoms with Crippen LogP contribution in [0.1, 0.15) is 23.6 Å². The summed E-state index contributed by atoms with van der Waals surface area (Å²) in [6.45, 7) is 2.15. The Labute approximate surface area is 147 Å². The average molecular weight is 346 g/mol. The predicted molar refractivity (Wildman–Crippen MR) is 97.8 cm³/mol. The molecule has 0 unspecified atom stereocenters. The quantitative estimate of drug-likeness (QED) is 0.668. The Bertz CT molecular complexity index is 761. The molecule has 1 heterocycles. The van der Waals surface area contributed by atoms with Crippen LogP contribution in [0.5, 0.6) is 0 Å². The number of nitrogens with zero attached hydrogens (tertiary/aromatic N) is 3. The monoisotopic (exact) mass is 345 g/mol. The van der Waals surface area contributed by atoms with Crippen LogP contribution < -0.4 is 0 Å². The largest absolute Gasteiger partial charge is 0.228 e. The number of halogens is 2. The molecule has 118 valence electrons. The van der Waals surface area contributed by atoms with Crippen LogP contribution in [0.4, 0.5) is 0 Å². The molecule has 23 heavy (non-hydrogen) atoms.